The molecule has 0 bridgehead atoms. The van der Waals surface area contributed by atoms with E-state index in [2.05, 4.69) is 15.4 Å². The Balaban J connectivity index is 2.12. The molecular weight excluding hydrogens is 354 g/mol. The zero-order chi connectivity index (χ0) is 19.3. The van der Waals surface area contributed by atoms with E-state index in [0.717, 1.165) is 17.1 Å². The molecule has 2 amide bonds. The molecule has 2 rings (SSSR count). The SMILES string of the molecule is CCOc1ccc(Cl)cc1CN(C)C(=O)N[C@@H](c1ncnn1C)C(C)C. The summed E-state index contributed by atoms with van der Waals surface area (Å²) in [5, 5.41) is 7.73. The molecule has 142 valence electrons. The second-order valence-electron chi connectivity index (χ2n) is 6.45. The fourth-order valence-electron chi connectivity index (χ4n) is 2.65. The summed E-state index contributed by atoms with van der Waals surface area (Å²) >= 11 is 6.10. The third-order valence-corrected chi connectivity index (χ3v) is 4.28. The van der Waals surface area contributed by atoms with Crippen molar-refractivity contribution in [2.75, 3.05) is 13.7 Å². The van der Waals surface area contributed by atoms with Crippen molar-refractivity contribution < 1.29 is 9.53 Å². The number of halogens is 1. The van der Waals surface area contributed by atoms with Gasteiger partial charge in [-0.15, -0.1) is 0 Å². The molecule has 1 N–H and O–H groups in total. The Labute approximate surface area is 159 Å². The molecule has 0 saturated heterocycles. The van der Waals surface area contributed by atoms with Gasteiger partial charge in [-0.2, -0.15) is 5.10 Å². The van der Waals surface area contributed by atoms with E-state index in [4.69, 9.17) is 16.3 Å². The van der Waals surface area contributed by atoms with Gasteiger partial charge in [0.15, 0.2) is 0 Å². The van der Waals surface area contributed by atoms with Gasteiger partial charge >= 0.3 is 6.03 Å². The Kier molecular flexibility index (Phi) is 6.85. The van der Waals surface area contributed by atoms with Gasteiger partial charge in [0.2, 0.25) is 0 Å². The van der Waals surface area contributed by atoms with E-state index in [1.165, 1.54) is 6.33 Å². The summed E-state index contributed by atoms with van der Waals surface area (Å²) in [6.07, 6.45) is 1.49. The van der Waals surface area contributed by atoms with E-state index in [-0.39, 0.29) is 18.0 Å². The Morgan fingerprint density at radius 1 is 1.42 bits per heavy atom. The normalized spacial score (nSPS) is 12.1. The third kappa shape index (κ3) is 4.88. The molecule has 0 aliphatic carbocycles. The van der Waals surface area contributed by atoms with E-state index in [0.29, 0.717) is 18.2 Å². The number of hydrogen-bond donors (Lipinski definition) is 1. The summed E-state index contributed by atoms with van der Waals surface area (Å²) in [7, 11) is 3.55. The van der Waals surface area contributed by atoms with Crippen LogP contribution < -0.4 is 10.1 Å². The molecular formula is C18H26ClN5O2. The number of aromatic nitrogens is 3. The van der Waals surface area contributed by atoms with Crippen LogP contribution >= 0.6 is 11.6 Å². The van der Waals surface area contributed by atoms with Crippen LogP contribution in [0.2, 0.25) is 5.02 Å². The van der Waals surface area contributed by atoms with Crippen molar-refractivity contribution in [3.8, 4) is 5.75 Å². The molecule has 1 aromatic heterocycles. The molecule has 0 aliphatic heterocycles. The van der Waals surface area contributed by atoms with E-state index in [1.807, 2.05) is 40.0 Å². The summed E-state index contributed by atoms with van der Waals surface area (Å²) in [4.78, 5) is 18.6. The van der Waals surface area contributed by atoms with Crippen molar-refractivity contribution in [1.82, 2.24) is 25.0 Å². The molecule has 26 heavy (non-hydrogen) atoms. The first-order valence-electron chi connectivity index (χ1n) is 8.60. The summed E-state index contributed by atoms with van der Waals surface area (Å²) in [6.45, 7) is 6.91. The maximum Gasteiger partial charge on any atom is 0.318 e. The number of carbonyl (C=O) groups excluding carboxylic acids is 1. The van der Waals surface area contributed by atoms with Gasteiger partial charge in [0, 0.05) is 24.7 Å². The number of ether oxygens (including phenoxy) is 1. The quantitative estimate of drug-likeness (QED) is 0.800. The van der Waals surface area contributed by atoms with Crippen molar-refractivity contribution in [3.63, 3.8) is 0 Å². The second-order valence-corrected chi connectivity index (χ2v) is 6.89. The number of nitrogens with one attached hydrogen (secondary N) is 1. The monoisotopic (exact) mass is 379 g/mol. The predicted octanol–water partition coefficient (Wildman–Crippen LogP) is 3.41. The van der Waals surface area contributed by atoms with Gasteiger partial charge in [-0.1, -0.05) is 25.4 Å². The molecule has 0 aliphatic rings. The molecule has 0 saturated carbocycles. The number of carbonyl (C=O) groups is 1. The lowest BCUT2D eigenvalue weighted by Crippen LogP contribution is -2.41. The number of amides is 2. The van der Waals surface area contributed by atoms with E-state index in [1.54, 1.807) is 22.7 Å². The zero-order valence-electron chi connectivity index (χ0n) is 15.9. The fourth-order valence-corrected chi connectivity index (χ4v) is 2.85. The van der Waals surface area contributed by atoms with Crippen LogP contribution in [-0.4, -0.2) is 39.4 Å². The average molecular weight is 380 g/mol. The maximum atomic E-state index is 12.7. The van der Waals surface area contributed by atoms with Crippen molar-refractivity contribution in [2.45, 2.75) is 33.4 Å². The maximum absolute atomic E-state index is 12.7. The number of aryl methyl sites for hydroxylation is 1. The average Bonchev–Trinajstić information content (AvgIpc) is 3.00. The lowest BCUT2D eigenvalue weighted by Gasteiger charge is -2.26. The number of hydrogen-bond acceptors (Lipinski definition) is 4. The standard InChI is InChI=1S/C18H26ClN5O2/c1-6-26-15-8-7-14(19)9-13(15)10-23(4)18(25)22-16(12(2)3)17-20-11-21-24(17)5/h7-9,11-12,16H,6,10H2,1-5H3,(H,22,25)/t16-/m1/s1. The third-order valence-electron chi connectivity index (χ3n) is 4.05. The minimum absolute atomic E-state index is 0.167. The number of nitrogens with zero attached hydrogens (tertiary/aromatic N) is 4. The van der Waals surface area contributed by atoms with Crippen LogP contribution in [0, 0.1) is 5.92 Å². The topological polar surface area (TPSA) is 72.3 Å². The molecule has 1 atom stereocenters. The smallest absolute Gasteiger partial charge is 0.318 e. The van der Waals surface area contributed by atoms with Crippen molar-refractivity contribution in [1.29, 1.82) is 0 Å². The van der Waals surface area contributed by atoms with E-state index in [9.17, 15) is 4.79 Å². The lowest BCUT2D eigenvalue weighted by molar-refractivity contribution is 0.196. The molecule has 1 heterocycles. The molecule has 0 spiro atoms. The molecule has 0 unspecified atom stereocenters. The van der Waals surface area contributed by atoms with Gasteiger partial charge in [0.05, 0.1) is 19.2 Å². The predicted molar refractivity (Wildman–Crippen MR) is 101 cm³/mol. The molecule has 1 aromatic carbocycles. The fraction of sp³-hybridized carbons (Fsp3) is 0.500. The number of rotatable bonds is 7. The highest BCUT2D eigenvalue weighted by atomic mass is 35.5. The van der Waals surface area contributed by atoms with Crippen LogP contribution in [0.25, 0.3) is 0 Å². The van der Waals surface area contributed by atoms with Crippen molar-refractivity contribution in [2.24, 2.45) is 13.0 Å². The summed E-state index contributed by atoms with van der Waals surface area (Å²) in [5.74, 6) is 1.62. The van der Waals surface area contributed by atoms with Crippen LogP contribution in [-0.2, 0) is 13.6 Å². The highest BCUT2D eigenvalue weighted by molar-refractivity contribution is 6.30. The lowest BCUT2D eigenvalue weighted by atomic mass is 10.0. The largest absolute Gasteiger partial charge is 0.494 e. The highest BCUT2D eigenvalue weighted by Gasteiger charge is 2.24. The van der Waals surface area contributed by atoms with Gasteiger partial charge in [0.1, 0.15) is 17.9 Å². The van der Waals surface area contributed by atoms with Gasteiger partial charge in [-0.05, 0) is 31.0 Å². The Hall–Kier alpha value is -2.28. The molecule has 0 radical (unpaired) electrons. The molecule has 8 heteroatoms. The van der Waals surface area contributed by atoms with Gasteiger partial charge in [-0.3, -0.25) is 4.68 Å². The molecule has 0 fully saturated rings. The second kappa shape index (κ2) is 8.89. The Morgan fingerprint density at radius 2 is 2.15 bits per heavy atom. The van der Waals surface area contributed by atoms with Crippen LogP contribution in [0.1, 0.15) is 38.2 Å². The summed E-state index contributed by atoms with van der Waals surface area (Å²) in [5.41, 5.74) is 0.858. The molecule has 7 nitrogen and oxygen atoms in total. The van der Waals surface area contributed by atoms with Crippen molar-refractivity contribution in [3.05, 3.63) is 40.9 Å². The van der Waals surface area contributed by atoms with Crippen molar-refractivity contribution >= 4 is 17.6 Å². The van der Waals surface area contributed by atoms with Gasteiger partial charge < -0.3 is 15.0 Å². The zero-order valence-corrected chi connectivity index (χ0v) is 16.6. The first-order valence-corrected chi connectivity index (χ1v) is 8.98. The van der Waals surface area contributed by atoms with Crippen LogP contribution in [0.15, 0.2) is 24.5 Å². The van der Waals surface area contributed by atoms with Crippen LogP contribution in [0.4, 0.5) is 4.79 Å². The minimum Gasteiger partial charge on any atom is -0.494 e. The van der Waals surface area contributed by atoms with E-state index >= 15 is 0 Å². The first-order chi connectivity index (χ1) is 12.3. The Morgan fingerprint density at radius 3 is 2.73 bits per heavy atom. The van der Waals surface area contributed by atoms with Gasteiger partial charge in [0.25, 0.3) is 0 Å². The minimum atomic E-state index is -0.233. The first kappa shape index (κ1) is 20.0. The molecule has 2 aromatic rings. The summed E-state index contributed by atoms with van der Waals surface area (Å²) in [6, 6.07) is 4.98. The number of urea groups is 1. The van der Waals surface area contributed by atoms with Crippen LogP contribution in [0.3, 0.4) is 0 Å². The summed E-state index contributed by atoms with van der Waals surface area (Å²) < 4.78 is 7.30. The van der Waals surface area contributed by atoms with Crippen LogP contribution in [0.5, 0.6) is 5.75 Å². The number of benzene rings is 1. The Bertz CT molecular complexity index is 747. The van der Waals surface area contributed by atoms with Gasteiger partial charge in [-0.25, -0.2) is 9.78 Å². The van der Waals surface area contributed by atoms with E-state index < -0.39 is 0 Å². The highest BCUT2D eigenvalue weighted by Crippen LogP contribution is 2.25.